The number of aryl methyl sites for hydroxylation is 4. The molecule has 8 heteroatoms. The van der Waals surface area contributed by atoms with Crippen molar-refractivity contribution in [2.75, 3.05) is 0 Å². The van der Waals surface area contributed by atoms with E-state index in [1.807, 2.05) is 97.1 Å². The number of H-pyrrole nitrogens is 2. The minimum Gasteiger partial charge on any atom is -0.355 e. The highest BCUT2D eigenvalue weighted by molar-refractivity contribution is 6.08. The third-order valence-corrected chi connectivity index (χ3v) is 8.58. The van der Waals surface area contributed by atoms with Crippen LogP contribution in [0, 0.1) is 0 Å². The van der Waals surface area contributed by atoms with Crippen molar-refractivity contribution in [3.8, 4) is 0 Å². The number of aromatic nitrogens is 4. The second-order valence-corrected chi connectivity index (χ2v) is 12.1. The topological polar surface area (TPSA) is 130 Å². The fourth-order valence-electron chi connectivity index (χ4n) is 6.26. The molecule has 2 aliphatic rings. The van der Waals surface area contributed by atoms with E-state index in [2.05, 4.69) is 21.4 Å². The molecule has 5 heterocycles. The number of carbonyl (C=O) groups is 2. The van der Waals surface area contributed by atoms with Crippen molar-refractivity contribution in [3.63, 3.8) is 0 Å². The molecule has 0 saturated carbocycles. The Kier molecular flexibility index (Phi) is 8.27. The molecule has 7 rings (SSSR count). The molecule has 1 amide bonds. The highest BCUT2D eigenvalue weighted by Crippen LogP contribution is 2.23. The minimum atomic E-state index is -0.846. The molecule has 5 N–H and O–H groups in total. The Morgan fingerprint density at radius 2 is 1.22 bits per heavy atom. The number of nitrogens with two attached hydrogens (primary N) is 1. The molecular formula is C38H36N6O2. The first-order valence-electron chi connectivity index (χ1n) is 15.8. The Morgan fingerprint density at radius 1 is 0.674 bits per heavy atom. The Bertz CT molecular complexity index is 2050. The Labute approximate surface area is 267 Å². The standard InChI is InChI=1S/C38H36N6O2/c39-32(19-24-7-3-1-4-8-24)38(46)44-35(20-25-9-5-2-6-10-25)37(45)36-33-17-15-30(42-33)22-28-13-11-26(40-28)21-27-12-14-29(41-27)23-31-16-18-34(36)43-31/h1-11,13,16,18,21-23,32,35,40,43H,12,14-15,17,19-20,39H2,(H,44,46)/t32-,35-/m0/s1. The summed E-state index contributed by atoms with van der Waals surface area (Å²) in [5.41, 5.74) is 15.8. The van der Waals surface area contributed by atoms with Gasteiger partial charge in [0.2, 0.25) is 5.91 Å². The van der Waals surface area contributed by atoms with Gasteiger partial charge in [-0.05, 0) is 85.7 Å². The van der Waals surface area contributed by atoms with Gasteiger partial charge in [-0.15, -0.1) is 0 Å². The van der Waals surface area contributed by atoms with Gasteiger partial charge in [0.25, 0.3) is 0 Å². The predicted octanol–water partition coefficient (Wildman–Crippen LogP) is 5.37. The van der Waals surface area contributed by atoms with Gasteiger partial charge < -0.3 is 21.0 Å². The number of Topliss-reactive ketones (excluding diaryl/α,β-unsaturated/α-hetero) is 1. The number of carbonyl (C=O) groups excluding carboxylic acids is 2. The van der Waals surface area contributed by atoms with Crippen LogP contribution in [0.3, 0.4) is 0 Å². The summed E-state index contributed by atoms with van der Waals surface area (Å²) in [6.45, 7) is 0. The molecule has 2 aliphatic heterocycles. The number of fused-ring (bicyclic) bond motifs is 8. The Hall–Kier alpha value is -5.34. The summed E-state index contributed by atoms with van der Waals surface area (Å²) in [6, 6.07) is 31.9. The van der Waals surface area contributed by atoms with Crippen LogP contribution < -0.4 is 11.1 Å². The number of nitrogens with one attached hydrogen (secondary N) is 3. The maximum Gasteiger partial charge on any atom is 0.237 e. The zero-order valence-corrected chi connectivity index (χ0v) is 25.5. The van der Waals surface area contributed by atoms with Gasteiger partial charge in [0.1, 0.15) is 0 Å². The van der Waals surface area contributed by atoms with Crippen LogP contribution in [0.25, 0.3) is 22.1 Å². The number of rotatable bonds is 8. The van der Waals surface area contributed by atoms with Crippen molar-refractivity contribution in [2.24, 2.45) is 5.73 Å². The van der Waals surface area contributed by atoms with E-state index < -0.39 is 12.1 Å². The van der Waals surface area contributed by atoms with Crippen molar-refractivity contribution in [1.29, 1.82) is 0 Å². The maximum absolute atomic E-state index is 14.7. The highest BCUT2D eigenvalue weighted by atomic mass is 16.2. The van der Waals surface area contributed by atoms with Crippen LogP contribution in [-0.2, 0) is 43.3 Å². The summed E-state index contributed by atoms with van der Waals surface area (Å²) in [5, 5.41) is 3.03. The van der Waals surface area contributed by atoms with E-state index in [9.17, 15) is 9.59 Å². The van der Waals surface area contributed by atoms with Crippen LogP contribution in [0.4, 0.5) is 0 Å². The van der Waals surface area contributed by atoms with Gasteiger partial charge in [-0.1, -0.05) is 60.7 Å². The molecule has 0 spiro atoms. The van der Waals surface area contributed by atoms with Crippen molar-refractivity contribution in [3.05, 3.63) is 143 Å². The van der Waals surface area contributed by atoms with Crippen LogP contribution in [0.1, 0.15) is 44.3 Å². The molecule has 2 aromatic carbocycles. The van der Waals surface area contributed by atoms with E-state index in [0.29, 0.717) is 42.5 Å². The van der Waals surface area contributed by atoms with Crippen LogP contribution in [-0.4, -0.2) is 43.7 Å². The van der Waals surface area contributed by atoms with Gasteiger partial charge in [-0.25, -0.2) is 0 Å². The zero-order valence-electron chi connectivity index (χ0n) is 25.5. The molecule has 0 fully saturated rings. The molecule has 0 radical (unpaired) electrons. The average molecular weight is 609 g/mol. The quantitative estimate of drug-likeness (QED) is 0.176. The SMILES string of the molecule is N[C@@H](Cc1ccccc1)C(=O)N[C@@H](Cc1ccccc1)C(=O)c1c2nc(cc3ccc(cc4nc(cc5ccc1[nH]5)CC4)[nH]3)CC2. The Morgan fingerprint density at radius 3 is 1.87 bits per heavy atom. The van der Waals surface area contributed by atoms with Crippen LogP contribution in [0.5, 0.6) is 0 Å². The number of nitrogens with zero attached hydrogens (tertiary/aromatic N) is 2. The largest absolute Gasteiger partial charge is 0.355 e. The summed E-state index contributed by atoms with van der Waals surface area (Å²) in [5.74, 6) is -0.573. The number of amides is 1. The molecular weight excluding hydrogens is 572 g/mol. The van der Waals surface area contributed by atoms with Crippen molar-refractivity contribution in [1.82, 2.24) is 25.3 Å². The lowest BCUT2D eigenvalue weighted by Gasteiger charge is -2.21. The monoisotopic (exact) mass is 608 g/mol. The number of hydrogen-bond acceptors (Lipinski definition) is 5. The lowest BCUT2D eigenvalue weighted by atomic mass is 9.95. The molecule has 2 atom stereocenters. The average Bonchev–Trinajstić information content (AvgIpc) is 3.89. The molecule has 0 unspecified atom stereocenters. The van der Waals surface area contributed by atoms with Crippen LogP contribution in [0.15, 0.2) is 103 Å². The van der Waals surface area contributed by atoms with Crippen molar-refractivity contribution in [2.45, 2.75) is 50.6 Å². The molecule has 0 saturated heterocycles. The predicted molar refractivity (Wildman–Crippen MR) is 180 cm³/mol. The highest BCUT2D eigenvalue weighted by Gasteiger charge is 2.29. The number of aromatic amines is 2. The Balaban J connectivity index is 1.33. The van der Waals surface area contributed by atoms with Crippen molar-refractivity contribution >= 4 is 33.8 Å². The summed E-state index contributed by atoms with van der Waals surface area (Å²) < 4.78 is 0. The lowest BCUT2D eigenvalue weighted by molar-refractivity contribution is -0.122. The molecule has 8 bridgehead atoms. The second kappa shape index (κ2) is 12.9. The summed E-state index contributed by atoms with van der Waals surface area (Å²) in [4.78, 5) is 45.0. The van der Waals surface area contributed by atoms with Gasteiger partial charge >= 0.3 is 0 Å². The van der Waals surface area contributed by atoms with Crippen molar-refractivity contribution < 1.29 is 9.59 Å². The molecule has 3 aromatic heterocycles. The van der Waals surface area contributed by atoms with E-state index in [1.165, 1.54) is 0 Å². The first-order valence-corrected chi connectivity index (χ1v) is 15.8. The van der Waals surface area contributed by atoms with Gasteiger partial charge in [-0.3, -0.25) is 19.6 Å². The first-order chi connectivity index (χ1) is 22.5. The second-order valence-electron chi connectivity index (χ2n) is 12.1. The summed E-state index contributed by atoms with van der Waals surface area (Å²) in [7, 11) is 0. The first kappa shape index (κ1) is 29.4. The number of benzene rings is 2. The third-order valence-electron chi connectivity index (χ3n) is 8.58. The molecule has 8 nitrogen and oxygen atoms in total. The van der Waals surface area contributed by atoms with Gasteiger partial charge in [0, 0.05) is 40.1 Å². The van der Waals surface area contributed by atoms with E-state index in [0.717, 1.165) is 57.6 Å². The van der Waals surface area contributed by atoms with E-state index in [1.54, 1.807) is 0 Å². The fraction of sp³-hybridized carbons (Fsp3) is 0.211. The van der Waals surface area contributed by atoms with Crippen LogP contribution >= 0.6 is 0 Å². The zero-order chi connectivity index (χ0) is 31.5. The van der Waals surface area contributed by atoms with E-state index in [-0.39, 0.29) is 11.7 Å². The molecule has 5 aromatic rings. The van der Waals surface area contributed by atoms with Gasteiger partial charge in [0.05, 0.1) is 28.9 Å². The fourth-order valence-corrected chi connectivity index (χ4v) is 6.26. The lowest BCUT2D eigenvalue weighted by Crippen LogP contribution is -2.50. The number of ketones is 1. The van der Waals surface area contributed by atoms with Gasteiger partial charge in [0.15, 0.2) is 5.78 Å². The normalized spacial score (nSPS) is 14.0. The number of hydrogen-bond donors (Lipinski definition) is 4. The van der Waals surface area contributed by atoms with Gasteiger partial charge in [-0.2, -0.15) is 0 Å². The molecule has 46 heavy (non-hydrogen) atoms. The minimum absolute atomic E-state index is 0.204. The molecule has 230 valence electrons. The van der Waals surface area contributed by atoms with E-state index >= 15 is 0 Å². The smallest absolute Gasteiger partial charge is 0.237 e. The van der Waals surface area contributed by atoms with Crippen LogP contribution in [0.2, 0.25) is 0 Å². The van der Waals surface area contributed by atoms with E-state index in [4.69, 9.17) is 15.7 Å². The molecule has 0 aliphatic carbocycles. The summed E-state index contributed by atoms with van der Waals surface area (Å²) >= 11 is 0. The third kappa shape index (κ3) is 6.67. The summed E-state index contributed by atoms with van der Waals surface area (Å²) in [6.07, 6.45) is 3.70. The maximum atomic E-state index is 14.7.